The zero-order valence-electron chi connectivity index (χ0n) is 10.0. The van der Waals surface area contributed by atoms with Gasteiger partial charge in [0, 0.05) is 12.6 Å². The molecule has 0 radical (unpaired) electrons. The van der Waals surface area contributed by atoms with Crippen LogP contribution in [0.25, 0.3) is 0 Å². The Balaban J connectivity index is 1.80. The topological polar surface area (TPSA) is 32.3 Å². The van der Waals surface area contributed by atoms with Crippen molar-refractivity contribution in [2.45, 2.75) is 62.9 Å². The van der Waals surface area contributed by atoms with Gasteiger partial charge in [0.1, 0.15) is 5.54 Å². The second kappa shape index (κ2) is 4.02. The van der Waals surface area contributed by atoms with Gasteiger partial charge in [0.2, 0.25) is 5.91 Å². The van der Waals surface area contributed by atoms with Crippen LogP contribution in [0.4, 0.5) is 0 Å². The van der Waals surface area contributed by atoms with Crippen molar-refractivity contribution in [1.29, 1.82) is 0 Å². The minimum atomic E-state index is -0.0952. The summed E-state index contributed by atoms with van der Waals surface area (Å²) in [4.78, 5) is 14.7. The van der Waals surface area contributed by atoms with Crippen molar-refractivity contribution in [1.82, 2.24) is 10.2 Å². The molecule has 1 N–H and O–H groups in total. The van der Waals surface area contributed by atoms with Gasteiger partial charge in [-0.15, -0.1) is 0 Å². The van der Waals surface area contributed by atoms with Crippen LogP contribution in [0.15, 0.2) is 0 Å². The summed E-state index contributed by atoms with van der Waals surface area (Å²) in [7, 11) is 0. The lowest BCUT2D eigenvalue weighted by Crippen LogP contribution is -2.54. The molecule has 3 heteroatoms. The lowest BCUT2D eigenvalue weighted by molar-refractivity contribution is -0.130. The standard InChI is InChI=1S/C13H22N2O/c16-12-13(8-9-14-12)7-4-10-15(13)11-5-2-1-3-6-11/h11H,1-10H2,(H,14,16). The van der Waals surface area contributed by atoms with Gasteiger partial charge in [-0.25, -0.2) is 0 Å². The van der Waals surface area contributed by atoms with E-state index in [1.165, 1.54) is 38.5 Å². The molecule has 1 amide bonds. The molecule has 1 aliphatic carbocycles. The van der Waals surface area contributed by atoms with Crippen molar-refractivity contribution in [2.75, 3.05) is 13.1 Å². The Morgan fingerprint density at radius 3 is 2.62 bits per heavy atom. The van der Waals surface area contributed by atoms with Crippen molar-refractivity contribution in [2.24, 2.45) is 0 Å². The lowest BCUT2D eigenvalue weighted by Gasteiger charge is -2.40. The van der Waals surface area contributed by atoms with E-state index in [-0.39, 0.29) is 5.54 Å². The fourth-order valence-corrected chi connectivity index (χ4v) is 4.00. The second-order valence-electron chi connectivity index (χ2n) is 5.63. The largest absolute Gasteiger partial charge is 0.354 e. The van der Waals surface area contributed by atoms with Crippen LogP contribution < -0.4 is 5.32 Å². The maximum Gasteiger partial charge on any atom is 0.240 e. The smallest absolute Gasteiger partial charge is 0.240 e. The SMILES string of the molecule is O=C1NCCC12CCCN2C1CCCCC1. The molecule has 3 rings (SSSR count). The molecule has 0 bridgehead atoms. The number of nitrogens with one attached hydrogen (secondary N) is 1. The molecule has 0 aromatic heterocycles. The number of carbonyl (C=O) groups excluding carboxylic acids is 1. The second-order valence-corrected chi connectivity index (χ2v) is 5.63. The highest BCUT2D eigenvalue weighted by Crippen LogP contribution is 2.40. The van der Waals surface area contributed by atoms with E-state index in [0.717, 1.165) is 25.9 Å². The van der Waals surface area contributed by atoms with Gasteiger partial charge in [-0.2, -0.15) is 0 Å². The third-order valence-corrected chi connectivity index (χ3v) is 4.80. The van der Waals surface area contributed by atoms with Crippen LogP contribution in [0.3, 0.4) is 0 Å². The first-order chi connectivity index (χ1) is 7.83. The number of likely N-dealkylation sites (tertiary alicyclic amines) is 1. The molecule has 90 valence electrons. The summed E-state index contributed by atoms with van der Waals surface area (Å²) in [5, 5.41) is 3.04. The first kappa shape index (κ1) is 10.6. The number of carbonyl (C=O) groups is 1. The summed E-state index contributed by atoms with van der Waals surface area (Å²) in [6, 6.07) is 0.695. The van der Waals surface area contributed by atoms with Gasteiger partial charge in [-0.3, -0.25) is 9.69 Å². The molecule has 1 saturated carbocycles. The Morgan fingerprint density at radius 2 is 1.94 bits per heavy atom. The molecule has 16 heavy (non-hydrogen) atoms. The zero-order valence-corrected chi connectivity index (χ0v) is 10.0. The Labute approximate surface area is 97.6 Å². The summed E-state index contributed by atoms with van der Waals surface area (Å²) in [6.07, 6.45) is 10.1. The van der Waals surface area contributed by atoms with E-state index < -0.39 is 0 Å². The summed E-state index contributed by atoms with van der Waals surface area (Å²) < 4.78 is 0. The van der Waals surface area contributed by atoms with Crippen molar-refractivity contribution in [3.63, 3.8) is 0 Å². The van der Waals surface area contributed by atoms with Crippen LogP contribution in [0.2, 0.25) is 0 Å². The van der Waals surface area contributed by atoms with Crippen molar-refractivity contribution in [3.8, 4) is 0 Å². The van der Waals surface area contributed by atoms with E-state index in [9.17, 15) is 4.79 Å². The number of hydrogen-bond donors (Lipinski definition) is 1. The normalized spacial score (nSPS) is 37.1. The van der Waals surface area contributed by atoms with Crippen molar-refractivity contribution in [3.05, 3.63) is 0 Å². The van der Waals surface area contributed by atoms with Crippen molar-refractivity contribution >= 4 is 5.91 Å². The van der Waals surface area contributed by atoms with E-state index in [2.05, 4.69) is 10.2 Å². The molecule has 0 aromatic rings. The molecular formula is C13H22N2O. The Kier molecular flexibility index (Phi) is 2.66. The molecule has 3 fully saturated rings. The summed E-state index contributed by atoms with van der Waals surface area (Å²) in [5.41, 5.74) is -0.0952. The van der Waals surface area contributed by atoms with Gasteiger partial charge >= 0.3 is 0 Å². The lowest BCUT2D eigenvalue weighted by atomic mass is 9.88. The van der Waals surface area contributed by atoms with Gasteiger partial charge in [0.25, 0.3) is 0 Å². The quantitative estimate of drug-likeness (QED) is 0.732. The van der Waals surface area contributed by atoms with Gasteiger partial charge in [-0.05, 0) is 38.6 Å². The van der Waals surface area contributed by atoms with Crippen LogP contribution >= 0.6 is 0 Å². The fraction of sp³-hybridized carbons (Fsp3) is 0.923. The van der Waals surface area contributed by atoms with Gasteiger partial charge in [-0.1, -0.05) is 19.3 Å². The third-order valence-electron chi connectivity index (χ3n) is 4.80. The van der Waals surface area contributed by atoms with E-state index >= 15 is 0 Å². The minimum Gasteiger partial charge on any atom is -0.354 e. The number of nitrogens with zero attached hydrogens (tertiary/aromatic N) is 1. The Hall–Kier alpha value is -0.570. The highest BCUT2D eigenvalue weighted by molar-refractivity contribution is 5.88. The predicted molar refractivity (Wildman–Crippen MR) is 63.2 cm³/mol. The first-order valence-corrected chi connectivity index (χ1v) is 6.88. The first-order valence-electron chi connectivity index (χ1n) is 6.88. The van der Waals surface area contributed by atoms with E-state index in [4.69, 9.17) is 0 Å². The highest BCUT2D eigenvalue weighted by atomic mass is 16.2. The van der Waals surface area contributed by atoms with Gasteiger partial charge < -0.3 is 5.32 Å². The average molecular weight is 222 g/mol. The molecule has 1 unspecified atom stereocenters. The highest BCUT2D eigenvalue weighted by Gasteiger charge is 2.51. The maximum atomic E-state index is 12.1. The van der Waals surface area contributed by atoms with Gasteiger partial charge in [0.05, 0.1) is 0 Å². The Morgan fingerprint density at radius 1 is 1.12 bits per heavy atom. The monoisotopic (exact) mass is 222 g/mol. The van der Waals surface area contributed by atoms with Crippen LogP contribution in [0.1, 0.15) is 51.4 Å². The van der Waals surface area contributed by atoms with E-state index in [1.807, 2.05) is 0 Å². The zero-order chi connectivity index (χ0) is 11.0. The molecule has 1 spiro atoms. The van der Waals surface area contributed by atoms with Crippen LogP contribution in [-0.4, -0.2) is 35.5 Å². The molecule has 3 aliphatic rings. The molecule has 2 aliphatic heterocycles. The number of rotatable bonds is 1. The van der Waals surface area contributed by atoms with Crippen LogP contribution in [-0.2, 0) is 4.79 Å². The summed E-state index contributed by atoms with van der Waals surface area (Å²) >= 11 is 0. The molecular weight excluding hydrogens is 200 g/mol. The molecule has 2 saturated heterocycles. The molecule has 0 aromatic carbocycles. The predicted octanol–water partition coefficient (Wildman–Crippen LogP) is 1.67. The van der Waals surface area contributed by atoms with Crippen LogP contribution in [0.5, 0.6) is 0 Å². The van der Waals surface area contributed by atoms with E-state index in [0.29, 0.717) is 11.9 Å². The fourth-order valence-electron chi connectivity index (χ4n) is 4.00. The molecule has 1 atom stereocenters. The maximum absolute atomic E-state index is 12.1. The van der Waals surface area contributed by atoms with E-state index in [1.54, 1.807) is 0 Å². The number of amides is 1. The molecule has 3 nitrogen and oxygen atoms in total. The van der Waals surface area contributed by atoms with Crippen molar-refractivity contribution < 1.29 is 4.79 Å². The number of hydrogen-bond acceptors (Lipinski definition) is 2. The minimum absolute atomic E-state index is 0.0952. The Bertz CT molecular complexity index is 282. The van der Waals surface area contributed by atoms with Crippen LogP contribution in [0, 0.1) is 0 Å². The van der Waals surface area contributed by atoms with Gasteiger partial charge in [0.15, 0.2) is 0 Å². The third kappa shape index (κ3) is 1.48. The molecule has 2 heterocycles. The summed E-state index contributed by atoms with van der Waals surface area (Å²) in [5.74, 6) is 0.315. The summed E-state index contributed by atoms with van der Waals surface area (Å²) in [6.45, 7) is 2.04. The average Bonchev–Trinajstić information content (AvgIpc) is 2.90.